The fourth-order valence-electron chi connectivity index (χ4n) is 2.07. The van der Waals surface area contributed by atoms with Crippen LogP contribution in [0.15, 0.2) is 29.6 Å². The first-order valence-electron chi connectivity index (χ1n) is 6.93. The van der Waals surface area contributed by atoms with Crippen LogP contribution in [0.3, 0.4) is 0 Å². The van der Waals surface area contributed by atoms with Gasteiger partial charge in [0.25, 0.3) is 0 Å². The number of aromatic nitrogens is 1. The van der Waals surface area contributed by atoms with E-state index < -0.39 is 0 Å². The van der Waals surface area contributed by atoms with Crippen molar-refractivity contribution in [2.75, 3.05) is 19.1 Å². The van der Waals surface area contributed by atoms with E-state index in [4.69, 9.17) is 11.6 Å². The first kappa shape index (κ1) is 16.8. The number of nitrogens with zero attached hydrogens (tertiary/aromatic N) is 2. The highest BCUT2D eigenvalue weighted by Crippen LogP contribution is 2.25. The maximum absolute atomic E-state index is 5.80. The number of alkyl halides is 1. The second kappa shape index (κ2) is 8.18. The average Bonchev–Trinajstić information content (AvgIpc) is 2.97. The van der Waals surface area contributed by atoms with E-state index in [0.717, 1.165) is 23.0 Å². The summed E-state index contributed by atoms with van der Waals surface area (Å²) in [6, 6.07) is 9.28. The highest BCUT2D eigenvalue weighted by molar-refractivity contribution is 7.98. The summed E-state index contributed by atoms with van der Waals surface area (Å²) < 4.78 is 0. The summed E-state index contributed by atoms with van der Waals surface area (Å²) in [5.74, 6) is 1.64. The van der Waals surface area contributed by atoms with Crippen LogP contribution in [0.25, 0.3) is 10.6 Å². The minimum Gasteiger partial charge on any atom is -0.299 e. The van der Waals surface area contributed by atoms with Crippen LogP contribution in [0.2, 0.25) is 0 Å². The zero-order valence-electron chi connectivity index (χ0n) is 12.7. The second-order valence-electron chi connectivity index (χ2n) is 5.19. The molecule has 0 amide bonds. The molecule has 1 atom stereocenters. The largest absolute Gasteiger partial charge is 0.299 e. The Labute approximate surface area is 140 Å². The summed E-state index contributed by atoms with van der Waals surface area (Å²) in [5, 5.41) is 3.06. The van der Waals surface area contributed by atoms with Crippen molar-refractivity contribution in [3.05, 3.63) is 40.9 Å². The van der Waals surface area contributed by atoms with Crippen LogP contribution >= 0.6 is 34.7 Å². The van der Waals surface area contributed by atoms with Gasteiger partial charge in [-0.15, -0.1) is 22.9 Å². The van der Waals surface area contributed by atoms with Crippen molar-refractivity contribution in [1.82, 2.24) is 9.88 Å². The zero-order chi connectivity index (χ0) is 15.2. The molecule has 2 nitrogen and oxygen atoms in total. The molecule has 0 spiro atoms. The summed E-state index contributed by atoms with van der Waals surface area (Å²) in [6.07, 6.45) is 2.16. The lowest BCUT2D eigenvalue weighted by atomic mass is 10.1. The Bertz CT molecular complexity index is 554. The third kappa shape index (κ3) is 4.71. The minimum absolute atomic E-state index is 0.479. The average molecular weight is 341 g/mol. The molecule has 0 aliphatic heterocycles. The van der Waals surface area contributed by atoms with Gasteiger partial charge in [0, 0.05) is 29.3 Å². The molecule has 0 radical (unpaired) electrons. The lowest BCUT2D eigenvalue weighted by Gasteiger charge is -2.24. The van der Waals surface area contributed by atoms with E-state index in [0.29, 0.717) is 11.9 Å². The van der Waals surface area contributed by atoms with Gasteiger partial charge in [-0.25, -0.2) is 4.98 Å². The van der Waals surface area contributed by atoms with Crippen LogP contribution in [0.4, 0.5) is 0 Å². The maximum Gasteiger partial charge on any atom is 0.123 e. The molecule has 1 heterocycles. The van der Waals surface area contributed by atoms with E-state index in [1.54, 1.807) is 11.3 Å². The Morgan fingerprint density at radius 3 is 2.62 bits per heavy atom. The van der Waals surface area contributed by atoms with Crippen molar-refractivity contribution in [3.8, 4) is 10.6 Å². The summed E-state index contributed by atoms with van der Waals surface area (Å²) in [7, 11) is 2.18. The number of hydrogen-bond donors (Lipinski definition) is 0. The minimum atomic E-state index is 0.479. The van der Waals surface area contributed by atoms with Gasteiger partial charge in [0.15, 0.2) is 0 Å². The van der Waals surface area contributed by atoms with Gasteiger partial charge in [0.05, 0.1) is 11.6 Å². The van der Waals surface area contributed by atoms with Gasteiger partial charge < -0.3 is 0 Å². The number of benzene rings is 1. The quantitative estimate of drug-likeness (QED) is 0.678. The van der Waals surface area contributed by atoms with Crippen molar-refractivity contribution < 1.29 is 0 Å². The van der Waals surface area contributed by atoms with Crippen molar-refractivity contribution in [1.29, 1.82) is 0 Å². The smallest absolute Gasteiger partial charge is 0.123 e. The molecule has 0 bridgehead atoms. The highest BCUT2D eigenvalue weighted by Gasteiger charge is 2.09. The van der Waals surface area contributed by atoms with E-state index in [1.165, 1.54) is 11.1 Å². The number of halogens is 1. The number of rotatable bonds is 7. The normalized spacial score (nSPS) is 12.8. The summed E-state index contributed by atoms with van der Waals surface area (Å²) in [4.78, 5) is 6.90. The van der Waals surface area contributed by atoms with Gasteiger partial charge in [0.2, 0.25) is 0 Å². The van der Waals surface area contributed by atoms with Crippen molar-refractivity contribution in [2.45, 2.75) is 25.4 Å². The molecule has 114 valence electrons. The van der Waals surface area contributed by atoms with Crippen molar-refractivity contribution >= 4 is 34.7 Å². The van der Waals surface area contributed by atoms with Crippen molar-refractivity contribution in [2.24, 2.45) is 0 Å². The standard InChI is InChI=1S/C16H21ClN2S2/c1-12(10-20-3)19(2)9-13-4-6-14(7-5-13)16-18-15(8-17)11-21-16/h4-7,11-12H,8-10H2,1-3H3. The predicted octanol–water partition coefficient (Wildman–Crippen LogP) is 4.73. The maximum atomic E-state index is 5.80. The molecule has 0 saturated carbocycles. The van der Waals surface area contributed by atoms with Crippen LogP contribution in [0.1, 0.15) is 18.2 Å². The number of thiazole rings is 1. The molecule has 1 aromatic heterocycles. The fourth-order valence-corrected chi connectivity index (χ4v) is 3.86. The number of hydrogen-bond acceptors (Lipinski definition) is 4. The highest BCUT2D eigenvalue weighted by atomic mass is 35.5. The molecule has 21 heavy (non-hydrogen) atoms. The third-order valence-corrected chi connectivity index (χ3v) is 5.51. The molecule has 5 heteroatoms. The SMILES string of the molecule is CSCC(C)N(C)Cc1ccc(-c2nc(CCl)cs2)cc1. The van der Waals surface area contributed by atoms with E-state index in [2.05, 4.69) is 54.4 Å². The second-order valence-corrected chi connectivity index (χ2v) is 7.23. The van der Waals surface area contributed by atoms with Crippen LogP contribution in [-0.2, 0) is 12.4 Å². The van der Waals surface area contributed by atoms with Gasteiger partial charge in [-0.2, -0.15) is 11.8 Å². The van der Waals surface area contributed by atoms with E-state index in [1.807, 2.05) is 17.1 Å². The van der Waals surface area contributed by atoms with Crippen LogP contribution in [0.5, 0.6) is 0 Å². The van der Waals surface area contributed by atoms with Crippen LogP contribution < -0.4 is 0 Å². The molecule has 0 aliphatic rings. The van der Waals surface area contributed by atoms with Crippen LogP contribution in [-0.4, -0.2) is 35.0 Å². The van der Waals surface area contributed by atoms with Gasteiger partial charge in [-0.1, -0.05) is 24.3 Å². The Morgan fingerprint density at radius 2 is 2.05 bits per heavy atom. The van der Waals surface area contributed by atoms with E-state index in [-0.39, 0.29) is 0 Å². The summed E-state index contributed by atoms with van der Waals surface area (Å²) >= 11 is 9.35. The Hall–Kier alpha value is -0.550. The van der Waals surface area contributed by atoms with Gasteiger partial charge in [0.1, 0.15) is 5.01 Å². The van der Waals surface area contributed by atoms with Gasteiger partial charge in [-0.3, -0.25) is 4.90 Å². The first-order chi connectivity index (χ1) is 10.1. The molecule has 0 aliphatic carbocycles. The van der Waals surface area contributed by atoms with Gasteiger partial charge >= 0.3 is 0 Å². The van der Waals surface area contributed by atoms with Crippen molar-refractivity contribution in [3.63, 3.8) is 0 Å². The molecular formula is C16H21ClN2S2. The Kier molecular flexibility index (Phi) is 6.55. The zero-order valence-corrected chi connectivity index (χ0v) is 15.1. The Balaban J connectivity index is 2.01. The molecule has 1 aromatic carbocycles. The molecule has 0 saturated heterocycles. The topological polar surface area (TPSA) is 16.1 Å². The molecule has 1 unspecified atom stereocenters. The lowest BCUT2D eigenvalue weighted by Crippen LogP contribution is -2.30. The third-order valence-electron chi connectivity index (χ3n) is 3.48. The lowest BCUT2D eigenvalue weighted by molar-refractivity contribution is 0.270. The fraction of sp³-hybridized carbons (Fsp3) is 0.438. The summed E-state index contributed by atoms with van der Waals surface area (Å²) in [6.45, 7) is 3.25. The number of thioether (sulfide) groups is 1. The van der Waals surface area contributed by atoms with Crippen LogP contribution in [0, 0.1) is 0 Å². The summed E-state index contributed by atoms with van der Waals surface area (Å²) in [5.41, 5.74) is 3.45. The molecule has 2 aromatic rings. The monoisotopic (exact) mass is 340 g/mol. The van der Waals surface area contributed by atoms with Gasteiger partial charge in [-0.05, 0) is 25.8 Å². The van der Waals surface area contributed by atoms with E-state index >= 15 is 0 Å². The first-order valence-corrected chi connectivity index (χ1v) is 9.73. The molecule has 2 rings (SSSR count). The molecular weight excluding hydrogens is 320 g/mol. The molecule has 0 N–H and O–H groups in total. The van der Waals surface area contributed by atoms with E-state index in [9.17, 15) is 0 Å². The molecule has 0 fully saturated rings. The predicted molar refractivity (Wildman–Crippen MR) is 96.4 cm³/mol. The Morgan fingerprint density at radius 1 is 1.33 bits per heavy atom.